The Morgan fingerprint density at radius 1 is 1.17 bits per heavy atom. The van der Waals surface area contributed by atoms with Gasteiger partial charge in [-0.2, -0.15) is 0 Å². The van der Waals surface area contributed by atoms with Crippen LogP contribution in [-0.4, -0.2) is 23.0 Å². The van der Waals surface area contributed by atoms with Crippen molar-refractivity contribution in [2.45, 2.75) is 59.0 Å². The lowest BCUT2D eigenvalue weighted by atomic mass is 9.85. The topological polar surface area (TPSA) is 3.24 Å². The van der Waals surface area contributed by atoms with Crippen LogP contribution in [0.15, 0.2) is 0 Å². The molecular formula is C11H23N. The molecule has 1 aliphatic rings. The Bertz CT molecular complexity index is 151. The van der Waals surface area contributed by atoms with Gasteiger partial charge in [-0.05, 0) is 46.1 Å². The van der Waals surface area contributed by atoms with Gasteiger partial charge in [-0.15, -0.1) is 0 Å². The molecule has 1 nitrogen and oxygen atoms in total. The van der Waals surface area contributed by atoms with Gasteiger partial charge >= 0.3 is 0 Å². The van der Waals surface area contributed by atoms with Crippen LogP contribution in [0.4, 0.5) is 0 Å². The molecule has 0 aromatic carbocycles. The third kappa shape index (κ3) is 1.52. The number of hydrogen-bond acceptors (Lipinski definition) is 1. The smallest absolute Gasteiger partial charge is 0.0207 e. The van der Waals surface area contributed by atoms with Crippen molar-refractivity contribution in [3.05, 3.63) is 0 Å². The summed E-state index contributed by atoms with van der Waals surface area (Å²) in [6, 6.07) is 0.708. The first-order chi connectivity index (χ1) is 5.48. The summed E-state index contributed by atoms with van der Waals surface area (Å²) in [5, 5.41) is 0. The van der Waals surface area contributed by atoms with Crippen molar-refractivity contribution in [1.82, 2.24) is 4.90 Å². The van der Waals surface area contributed by atoms with Crippen molar-refractivity contribution in [3.8, 4) is 0 Å². The number of likely N-dealkylation sites (tertiary alicyclic amines) is 1. The molecule has 0 amide bonds. The van der Waals surface area contributed by atoms with Gasteiger partial charge in [0, 0.05) is 11.6 Å². The molecule has 1 heterocycles. The predicted molar refractivity (Wildman–Crippen MR) is 54.3 cm³/mol. The largest absolute Gasteiger partial charge is 0.295 e. The van der Waals surface area contributed by atoms with E-state index in [9.17, 15) is 0 Å². The molecule has 0 aliphatic carbocycles. The molecule has 0 radical (unpaired) electrons. The molecule has 0 bridgehead atoms. The van der Waals surface area contributed by atoms with E-state index in [0.717, 1.165) is 5.92 Å². The van der Waals surface area contributed by atoms with Gasteiger partial charge in [-0.1, -0.05) is 13.8 Å². The summed E-state index contributed by atoms with van der Waals surface area (Å²) >= 11 is 0. The first kappa shape index (κ1) is 10.0. The van der Waals surface area contributed by atoms with E-state index in [4.69, 9.17) is 0 Å². The molecule has 1 heteroatoms. The summed E-state index contributed by atoms with van der Waals surface area (Å²) < 4.78 is 0. The highest BCUT2D eigenvalue weighted by Crippen LogP contribution is 2.36. The highest BCUT2D eigenvalue weighted by molar-refractivity contribution is 4.95. The molecule has 1 aliphatic heterocycles. The van der Waals surface area contributed by atoms with Gasteiger partial charge in [0.15, 0.2) is 0 Å². The van der Waals surface area contributed by atoms with Gasteiger partial charge in [0.2, 0.25) is 0 Å². The van der Waals surface area contributed by atoms with E-state index in [-0.39, 0.29) is 0 Å². The lowest BCUT2D eigenvalue weighted by Gasteiger charge is -2.41. The Morgan fingerprint density at radius 3 is 2.08 bits per heavy atom. The van der Waals surface area contributed by atoms with Crippen LogP contribution in [0.1, 0.15) is 47.5 Å². The number of rotatable bonds is 2. The number of nitrogens with zero attached hydrogens (tertiary/aromatic N) is 1. The van der Waals surface area contributed by atoms with Crippen LogP contribution in [-0.2, 0) is 0 Å². The van der Waals surface area contributed by atoms with Crippen LogP contribution < -0.4 is 0 Å². The Morgan fingerprint density at radius 2 is 1.75 bits per heavy atom. The van der Waals surface area contributed by atoms with Crippen molar-refractivity contribution in [3.63, 3.8) is 0 Å². The fourth-order valence-corrected chi connectivity index (χ4v) is 2.47. The predicted octanol–water partition coefficient (Wildman–Crippen LogP) is 2.91. The first-order valence-electron chi connectivity index (χ1n) is 5.25. The minimum atomic E-state index is 0.466. The van der Waals surface area contributed by atoms with E-state index in [1.54, 1.807) is 0 Å². The van der Waals surface area contributed by atoms with Gasteiger partial charge in [-0.25, -0.2) is 0 Å². The molecule has 0 aromatic heterocycles. The maximum Gasteiger partial charge on any atom is 0.0207 e. The fourth-order valence-electron chi connectivity index (χ4n) is 2.47. The van der Waals surface area contributed by atoms with Crippen LogP contribution in [0.3, 0.4) is 0 Å². The second-order valence-corrected chi connectivity index (χ2v) is 4.90. The molecule has 0 N–H and O–H groups in total. The second kappa shape index (κ2) is 3.37. The maximum absolute atomic E-state index is 2.66. The van der Waals surface area contributed by atoms with Crippen LogP contribution in [0.25, 0.3) is 0 Å². The summed E-state index contributed by atoms with van der Waals surface area (Å²) in [5.74, 6) is 0.780. The lowest BCUT2D eigenvalue weighted by Crippen LogP contribution is -2.48. The zero-order valence-electron chi connectivity index (χ0n) is 9.22. The average Bonchev–Trinajstić information content (AvgIpc) is 2.32. The molecular weight excluding hydrogens is 146 g/mol. The molecule has 1 saturated heterocycles. The summed E-state index contributed by atoms with van der Waals surface area (Å²) in [4.78, 5) is 2.66. The Balaban J connectivity index is 2.74. The summed E-state index contributed by atoms with van der Waals surface area (Å²) in [7, 11) is 0. The molecule has 72 valence electrons. The van der Waals surface area contributed by atoms with Gasteiger partial charge in [0.1, 0.15) is 0 Å². The van der Waals surface area contributed by atoms with Crippen LogP contribution in [0.5, 0.6) is 0 Å². The Kier molecular flexibility index (Phi) is 2.82. The van der Waals surface area contributed by atoms with Crippen molar-refractivity contribution in [2.75, 3.05) is 6.54 Å². The molecule has 0 aromatic rings. The zero-order chi connectivity index (χ0) is 9.35. The molecule has 0 saturated carbocycles. The van der Waals surface area contributed by atoms with Crippen molar-refractivity contribution < 1.29 is 0 Å². The molecule has 1 rings (SSSR count). The minimum Gasteiger partial charge on any atom is -0.295 e. The van der Waals surface area contributed by atoms with E-state index >= 15 is 0 Å². The second-order valence-electron chi connectivity index (χ2n) is 4.90. The minimum absolute atomic E-state index is 0.466. The molecule has 0 unspecified atom stereocenters. The van der Waals surface area contributed by atoms with E-state index in [2.05, 4.69) is 39.5 Å². The highest BCUT2D eigenvalue weighted by Gasteiger charge is 2.39. The van der Waals surface area contributed by atoms with Crippen LogP contribution in [0.2, 0.25) is 0 Å². The Hall–Kier alpha value is -0.0400. The quantitative estimate of drug-likeness (QED) is 0.614. The average molecular weight is 169 g/mol. The normalized spacial score (nSPS) is 32.2. The third-order valence-electron chi connectivity index (χ3n) is 3.61. The van der Waals surface area contributed by atoms with Crippen LogP contribution >= 0.6 is 0 Å². The summed E-state index contributed by atoms with van der Waals surface area (Å²) in [5.41, 5.74) is 0.466. The van der Waals surface area contributed by atoms with Crippen molar-refractivity contribution in [2.24, 2.45) is 5.92 Å². The maximum atomic E-state index is 2.66. The molecule has 12 heavy (non-hydrogen) atoms. The zero-order valence-corrected chi connectivity index (χ0v) is 9.22. The van der Waals surface area contributed by atoms with E-state index in [0.29, 0.717) is 11.6 Å². The SMILES string of the molecule is CC(C)N1CCC[C@]1(C)C(C)C. The van der Waals surface area contributed by atoms with Gasteiger partial charge in [0.05, 0.1) is 0 Å². The van der Waals surface area contributed by atoms with E-state index in [1.807, 2.05) is 0 Å². The van der Waals surface area contributed by atoms with Gasteiger partial charge in [-0.3, -0.25) is 4.90 Å². The molecule has 0 spiro atoms. The summed E-state index contributed by atoms with van der Waals surface area (Å²) in [6.45, 7) is 13.0. The molecule has 1 fully saturated rings. The Labute approximate surface area is 77.1 Å². The third-order valence-corrected chi connectivity index (χ3v) is 3.61. The van der Waals surface area contributed by atoms with Crippen molar-refractivity contribution >= 4 is 0 Å². The van der Waals surface area contributed by atoms with E-state index in [1.165, 1.54) is 19.4 Å². The fraction of sp³-hybridized carbons (Fsp3) is 1.00. The van der Waals surface area contributed by atoms with Gasteiger partial charge < -0.3 is 0 Å². The van der Waals surface area contributed by atoms with Gasteiger partial charge in [0.25, 0.3) is 0 Å². The summed E-state index contributed by atoms with van der Waals surface area (Å²) in [6.07, 6.45) is 2.76. The molecule has 1 atom stereocenters. The van der Waals surface area contributed by atoms with Crippen LogP contribution in [0, 0.1) is 5.92 Å². The lowest BCUT2D eigenvalue weighted by molar-refractivity contribution is 0.0754. The first-order valence-corrected chi connectivity index (χ1v) is 5.25. The number of hydrogen-bond donors (Lipinski definition) is 0. The standard InChI is InChI=1S/C11H23N/c1-9(2)11(5)7-6-8-12(11)10(3)4/h9-10H,6-8H2,1-5H3/t11-/m1/s1. The van der Waals surface area contributed by atoms with Crippen molar-refractivity contribution in [1.29, 1.82) is 0 Å². The van der Waals surface area contributed by atoms with E-state index < -0.39 is 0 Å². The highest BCUT2D eigenvalue weighted by atomic mass is 15.2. The monoisotopic (exact) mass is 169 g/mol.